The van der Waals surface area contributed by atoms with Gasteiger partial charge in [-0.3, -0.25) is 4.79 Å². The maximum atomic E-state index is 13.0. The molecule has 0 aliphatic carbocycles. The molecule has 0 radical (unpaired) electrons. The van der Waals surface area contributed by atoms with Crippen molar-refractivity contribution in [2.75, 3.05) is 26.3 Å². The van der Waals surface area contributed by atoms with Crippen LogP contribution in [0.15, 0.2) is 29.0 Å². The molecule has 1 fully saturated rings. The average molecular weight is 343 g/mol. The first-order valence-electron chi connectivity index (χ1n) is 8.50. The van der Waals surface area contributed by atoms with Crippen LogP contribution in [0.4, 0.5) is 0 Å². The zero-order valence-corrected chi connectivity index (χ0v) is 14.3. The maximum Gasteiger partial charge on any atom is 0.276 e. The predicted octanol–water partition coefficient (Wildman–Crippen LogP) is 1.94. The number of hydrogen-bond acceptors (Lipinski definition) is 6. The molecule has 1 aromatic carbocycles. The summed E-state index contributed by atoms with van der Waals surface area (Å²) in [6.45, 7) is 6.49. The molecule has 1 amide bonds. The summed E-state index contributed by atoms with van der Waals surface area (Å²) in [5, 5.41) is 3.42. The van der Waals surface area contributed by atoms with Crippen molar-refractivity contribution in [3.8, 4) is 22.8 Å². The van der Waals surface area contributed by atoms with Gasteiger partial charge in [0.2, 0.25) is 0 Å². The van der Waals surface area contributed by atoms with Crippen LogP contribution in [0.2, 0.25) is 0 Å². The van der Waals surface area contributed by atoms with Gasteiger partial charge in [-0.2, -0.15) is 0 Å². The van der Waals surface area contributed by atoms with Crippen molar-refractivity contribution >= 4 is 5.91 Å². The molecule has 2 aromatic rings. The molecule has 25 heavy (non-hydrogen) atoms. The van der Waals surface area contributed by atoms with Gasteiger partial charge in [0.15, 0.2) is 29.3 Å². The molecule has 7 nitrogen and oxygen atoms in total. The highest BCUT2D eigenvalue weighted by Crippen LogP contribution is 2.35. The summed E-state index contributed by atoms with van der Waals surface area (Å²) < 4.78 is 16.7. The van der Waals surface area contributed by atoms with E-state index in [-0.39, 0.29) is 18.0 Å². The number of hydrogen-bond donors (Lipinski definition) is 1. The molecule has 0 bridgehead atoms. The third-order valence-electron chi connectivity index (χ3n) is 4.42. The van der Waals surface area contributed by atoms with Crippen LogP contribution in [0.5, 0.6) is 11.5 Å². The Kier molecular flexibility index (Phi) is 4.09. The minimum Gasteiger partial charge on any atom is -0.486 e. The monoisotopic (exact) mass is 343 g/mol. The molecular weight excluding hydrogens is 322 g/mol. The first-order valence-corrected chi connectivity index (χ1v) is 8.50. The number of piperazine rings is 1. The van der Waals surface area contributed by atoms with Gasteiger partial charge in [-0.05, 0) is 32.0 Å². The zero-order valence-electron chi connectivity index (χ0n) is 14.3. The Morgan fingerprint density at radius 1 is 1.16 bits per heavy atom. The molecule has 0 spiro atoms. The molecule has 2 atom stereocenters. The van der Waals surface area contributed by atoms with Gasteiger partial charge in [0.1, 0.15) is 13.2 Å². The number of nitrogens with zero attached hydrogens (tertiary/aromatic N) is 2. The van der Waals surface area contributed by atoms with E-state index >= 15 is 0 Å². The van der Waals surface area contributed by atoms with Crippen LogP contribution in [0.3, 0.4) is 0 Å². The second-order valence-corrected chi connectivity index (χ2v) is 6.57. The normalized spacial score (nSPS) is 22.7. The van der Waals surface area contributed by atoms with Crippen LogP contribution >= 0.6 is 0 Å². The molecule has 3 heterocycles. The quantitative estimate of drug-likeness (QED) is 0.898. The van der Waals surface area contributed by atoms with Crippen LogP contribution in [0.1, 0.15) is 24.3 Å². The molecular formula is C18H21N3O4. The number of oxazole rings is 1. The van der Waals surface area contributed by atoms with E-state index in [4.69, 9.17) is 13.9 Å². The van der Waals surface area contributed by atoms with E-state index in [0.29, 0.717) is 49.3 Å². The number of carbonyl (C=O) groups excluding carboxylic acids is 1. The number of benzene rings is 1. The van der Waals surface area contributed by atoms with E-state index in [1.54, 1.807) is 0 Å². The van der Waals surface area contributed by atoms with E-state index in [0.717, 1.165) is 5.56 Å². The molecule has 1 saturated heterocycles. The molecule has 2 unspecified atom stereocenters. The Morgan fingerprint density at radius 2 is 1.88 bits per heavy atom. The number of rotatable bonds is 2. The number of ether oxygens (including phenoxy) is 2. The summed E-state index contributed by atoms with van der Waals surface area (Å²) in [7, 11) is 0. The highest BCUT2D eigenvalue weighted by Gasteiger charge is 2.29. The van der Waals surface area contributed by atoms with Gasteiger partial charge in [0.25, 0.3) is 5.91 Å². The van der Waals surface area contributed by atoms with Gasteiger partial charge in [0.05, 0.1) is 0 Å². The third-order valence-corrected chi connectivity index (χ3v) is 4.42. The van der Waals surface area contributed by atoms with E-state index in [1.165, 1.54) is 6.39 Å². The smallest absolute Gasteiger partial charge is 0.276 e. The van der Waals surface area contributed by atoms with E-state index in [1.807, 2.05) is 23.1 Å². The Bertz CT molecular complexity index is 778. The highest BCUT2D eigenvalue weighted by atomic mass is 16.6. The fourth-order valence-corrected chi connectivity index (χ4v) is 3.43. The van der Waals surface area contributed by atoms with Crippen molar-refractivity contribution in [2.45, 2.75) is 25.9 Å². The molecule has 1 aromatic heterocycles. The summed E-state index contributed by atoms with van der Waals surface area (Å²) in [6, 6.07) is 6.01. The lowest BCUT2D eigenvalue weighted by atomic mass is 10.1. The minimum absolute atomic E-state index is 0.112. The van der Waals surface area contributed by atoms with Gasteiger partial charge in [-0.1, -0.05) is 0 Å². The van der Waals surface area contributed by atoms with Crippen molar-refractivity contribution in [1.29, 1.82) is 0 Å². The zero-order chi connectivity index (χ0) is 17.4. The van der Waals surface area contributed by atoms with Crippen LogP contribution in [-0.4, -0.2) is 54.2 Å². The number of fused-ring (bicyclic) bond motifs is 1. The number of carbonyl (C=O) groups is 1. The highest BCUT2D eigenvalue weighted by molar-refractivity contribution is 5.97. The summed E-state index contributed by atoms with van der Waals surface area (Å²) in [5.74, 6) is 1.70. The van der Waals surface area contributed by atoms with Crippen LogP contribution in [-0.2, 0) is 0 Å². The van der Waals surface area contributed by atoms with Crippen molar-refractivity contribution in [1.82, 2.24) is 15.2 Å². The first-order chi connectivity index (χ1) is 12.1. The van der Waals surface area contributed by atoms with E-state index in [9.17, 15) is 4.79 Å². The second-order valence-electron chi connectivity index (χ2n) is 6.57. The molecule has 2 aliphatic rings. The van der Waals surface area contributed by atoms with Crippen molar-refractivity contribution in [3.05, 3.63) is 30.3 Å². The maximum absolute atomic E-state index is 13.0. The van der Waals surface area contributed by atoms with Gasteiger partial charge in [-0.25, -0.2) is 4.98 Å². The Morgan fingerprint density at radius 3 is 2.64 bits per heavy atom. The molecule has 1 N–H and O–H groups in total. The fraction of sp³-hybridized carbons (Fsp3) is 0.444. The second kappa shape index (κ2) is 6.40. The molecule has 4 rings (SSSR count). The summed E-state index contributed by atoms with van der Waals surface area (Å²) in [5.41, 5.74) is 1.08. The van der Waals surface area contributed by atoms with Crippen molar-refractivity contribution in [2.24, 2.45) is 0 Å². The summed E-state index contributed by atoms with van der Waals surface area (Å²) in [4.78, 5) is 19.0. The first kappa shape index (κ1) is 16.0. The van der Waals surface area contributed by atoms with Gasteiger partial charge in [-0.15, -0.1) is 0 Å². The van der Waals surface area contributed by atoms with Crippen LogP contribution in [0, 0.1) is 0 Å². The largest absolute Gasteiger partial charge is 0.486 e. The Hall–Kier alpha value is -2.54. The minimum atomic E-state index is -0.112. The van der Waals surface area contributed by atoms with Gasteiger partial charge >= 0.3 is 0 Å². The van der Waals surface area contributed by atoms with Gasteiger partial charge < -0.3 is 24.1 Å². The van der Waals surface area contributed by atoms with Crippen LogP contribution < -0.4 is 14.8 Å². The number of amides is 1. The summed E-state index contributed by atoms with van der Waals surface area (Å²) in [6.07, 6.45) is 1.31. The fourth-order valence-electron chi connectivity index (χ4n) is 3.43. The third kappa shape index (κ3) is 3.07. The lowest BCUT2D eigenvalue weighted by molar-refractivity contribution is 0.0669. The molecule has 0 saturated carbocycles. The summed E-state index contributed by atoms with van der Waals surface area (Å²) >= 11 is 0. The Balaban J connectivity index is 1.63. The molecule has 132 valence electrons. The van der Waals surface area contributed by atoms with Gasteiger partial charge in [0, 0.05) is 30.7 Å². The SMILES string of the molecule is CC1CN(C(=O)c2ncoc2-c2ccc3c(c2)OCCO3)CC(C)N1. The number of aromatic nitrogens is 1. The molecule has 2 aliphatic heterocycles. The molecule has 7 heteroatoms. The standard InChI is InChI=1S/C18H21N3O4/c1-11-8-21(9-12(2)20-11)18(22)16-17(25-10-19-16)13-3-4-14-15(7-13)24-6-5-23-14/h3-4,7,10-12,20H,5-6,8-9H2,1-2H3. The number of nitrogens with one attached hydrogen (secondary N) is 1. The van der Waals surface area contributed by atoms with E-state index < -0.39 is 0 Å². The topological polar surface area (TPSA) is 76.8 Å². The van der Waals surface area contributed by atoms with Crippen LogP contribution in [0.25, 0.3) is 11.3 Å². The van der Waals surface area contributed by atoms with Crippen molar-refractivity contribution in [3.63, 3.8) is 0 Å². The van der Waals surface area contributed by atoms with E-state index in [2.05, 4.69) is 24.1 Å². The lowest BCUT2D eigenvalue weighted by Crippen LogP contribution is -2.55. The lowest BCUT2D eigenvalue weighted by Gasteiger charge is -2.35. The van der Waals surface area contributed by atoms with Crippen molar-refractivity contribution < 1.29 is 18.7 Å². The Labute approximate surface area is 145 Å². The predicted molar refractivity (Wildman–Crippen MR) is 90.9 cm³/mol. The average Bonchev–Trinajstić information content (AvgIpc) is 3.09.